The number of hydroxylamine groups is 1. The van der Waals surface area contributed by atoms with Crippen LogP contribution in [0, 0.1) is 21.0 Å². The number of carbonyl (C=O) groups is 1. The van der Waals surface area contributed by atoms with Crippen LogP contribution in [0.15, 0.2) is 41.8 Å². The average Bonchev–Trinajstić information content (AvgIpc) is 3.31. The van der Waals surface area contributed by atoms with Gasteiger partial charge in [0.2, 0.25) is 0 Å². The van der Waals surface area contributed by atoms with E-state index in [4.69, 9.17) is 14.8 Å². The summed E-state index contributed by atoms with van der Waals surface area (Å²) in [6.07, 6.45) is 3.95. The van der Waals surface area contributed by atoms with Crippen LogP contribution < -0.4 is 10.8 Å². The van der Waals surface area contributed by atoms with Crippen LogP contribution in [0.25, 0.3) is 0 Å². The molecule has 174 valence electrons. The fourth-order valence-electron chi connectivity index (χ4n) is 2.55. The summed E-state index contributed by atoms with van der Waals surface area (Å²) in [5.41, 5.74) is 0.386. The Labute approximate surface area is 199 Å². The number of aromatic nitrogens is 2. The van der Waals surface area contributed by atoms with Crippen molar-refractivity contribution in [1.82, 2.24) is 15.4 Å². The lowest BCUT2D eigenvalue weighted by Crippen LogP contribution is -2.26. The average molecular weight is 575 g/mol. The summed E-state index contributed by atoms with van der Waals surface area (Å²) in [5, 5.41) is 14.8. The predicted octanol–water partition coefficient (Wildman–Crippen LogP) is 3.38. The van der Waals surface area contributed by atoms with Gasteiger partial charge in [0.15, 0.2) is 18.2 Å². The highest BCUT2D eigenvalue weighted by atomic mass is 127. The minimum absolute atomic E-state index is 0.0539. The van der Waals surface area contributed by atoms with Crippen LogP contribution in [0.4, 0.5) is 24.5 Å². The van der Waals surface area contributed by atoms with E-state index in [0.717, 1.165) is 12.3 Å². The number of aromatic amines is 1. The van der Waals surface area contributed by atoms with E-state index in [1.807, 2.05) is 28.1 Å². The number of amides is 1. The van der Waals surface area contributed by atoms with E-state index in [0.29, 0.717) is 9.39 Å². The van der Waals surface area contributed by atoms with E-state index in [-0.39, 0.29) is 25.5 Å². The molecule has 1 aromatic heterocycles. The number of imidazole rings is 1. The molecule has 0 unspecified atom stereocenters. The molecule has 1 amide bonds. The molecule has 0 radical (unpaired) electrons. The molecule has 0 bridgehead atoms. The number of carbonyl (C=O) groups excluding carboxylic acids is 1. The van der Waals surface area contributed by atoms with E-state index in [2.05, 4.69) is 20.4 Å². The Morgan fingerprint density at radius 2 is 2.09 bits per heavy atom. The van der Waals surface area contributed by atoms with Crippen molar-refractivity contribution in [1.29, 1.82) is 0 Å². The van der Waals surface area contributed by atoms with Crippen molar-refractivity contribution in [3.8, 4) is 0 Å². The highest BCUT2D eigenvalue weighted by Crippen LogP contribution is 2.30. The van der Waals surface area contributed by atoms with Crippen molar-refractivity contribution in [3.05, 3.63) is 74.6 Å². The molecule has 4 N–H and O–H groups in total. The molecule has 3 rings (SSSR count). The van der Waals surface area contributed by atoms with Crippen molar-refractivity contribution >= 4 is 46.1 Å². The standard InChI is InChI=1S/C20H17F3IN5O4/c21-14-8-12(24)1-2-15(14)28-19-13(20(31)29-32-6-5-30)7-11(17(22)18(19)23)9-27-33-10-16-25-3-4-26-16/h1-4,7-9,28,30H,5-6,10H2,(H,25,26)(H,29,31). The largest absolute Gasteiger partial charge is 0.394 e. The maximum Gasteiger partial charge on any atom is 0.277 e. The Hall–Kier alpha value is -3.17. The Balaban J connectivity index is 1.92. The van der Waals surface area contributed by atoms with Crippen molar-refractivity contribution in [2.45, 2.75) is 6.61 Å². The van der Waals surface area contributed by atoms with Gasteiger partial charge in [-0.3, -0.25) is 9.63 Å². The molecule has 13 heteroatoms. The summed E-state index contributed by atoms with van der Waals surface area (Å²) in [7, 11) is 0. The molecule has 3 aromatic rings. The van der Waals surface area contributed by atoms with Crippen molar-refractivity contribution in [3.63, 3.8) is 0 Å². The van der Waals surface area contributed by atoms with E-state index >= 15 is 0 Å². The number of oxime groups is 1. The van der Waals surface area contributed by atoms with Gasteiger partial charge in [-0.25, -0.2) is 23.6 Å². The fourth-order valence-corrected chi connectivity index (χ4v) is 3.01. The van der Waals surface area contributed by atoms with Crippen LogP contribution in [0.3, 0.4) is 0 Å². The van der Waals surface area contributed by atoms with Crippen LogP contribution in [0.2, 0.25) is 0 Å². The highest BCUT2D eigenvalue weighted by molar-refractivity contribution is 14.1. The number of H-pyrrole nitrogens is 1. The lowest BCUT2D eigenvalue weighted by Gasteiger charge is -2.15. The molecule has 0 saturated carbocycles. The highest BCUT2D eigenvalue weighted by Gasteiger charge is 2.23. The Morgan fingerprint density at radius 1 is 1.27 bits per heavy atom. The Kier molecular flexibility index (Phi) is 8.62. The molecule has 0 fully saturated rings. The summed E-state index contributed by atoms with van der Waals surface area (Å²) in [6.45, 7) is -0.678. The number of hydrogen-bond donors (Lipinski definition) is 4. The summed E-state index contributed by atoms with van der Waals surface area (Å²) in [5.74, 6) is -4.04. The molecular formula is C20H17F3IN5O4. The van der Waals surface area contributed by atoms with E-state index < -0.39 is 40.2 Å². The lowest BCUT2D eigenvalue weighted by atomic mass is 10.1. The van der Waals surface area contributed by atoms with Crippen molar-refractivity contribution < 1.29 is 32.7 Å². The summed E-state index contributed by atoms with van der Waals surface area (Å²) >= 11 is 1.89. The van der Waals surface area contributed by atoms with Gasteiger partial charge in [-0.2, -0.15) is 0 Å². The van der Waals surface area contributed by atoms with E-state index in [1.54, 1.807) is 12.3 Å². The fraction of sp³-hybridized carbons (Fsp3) is 0.150. The number of nitrogens with one attached hydrogen (secondary N) is 3. The number of nitrogens with zero attached hydrogens (tertiary/aromatic N) is 2. The monoisotopic (exact) mass is 575 g/mol. The quantitative estimate of drug-likeness (QED) is 0.127. The number of aliphatic hydroxyl groups is 1. The molecule has 0 aliphatic carbocycles. The second-order valence-electron chi connectivity index (χ2n) is 6.31. The van der Waals surface area contributed by atoms with Gasteiger partial charge in [0.05, 0.1) is 36.4 Å². The van der Waals surface area contributed by atoms with Gasteiger partial charge in [0, 0.05) is 21.5 Å². The minimum Gasteiger partial charge on any atom is -0.394 e. The Morgan fingerprint density at radius 3 is 2.79 bits per heavy atom. The van der Waals surface area contributed by atoms with Crippen molar-refractivity contribution in [2.24, 2.45) is 5.16 Å². The molecule has 0 spiro atoms. The first-order valence-electron chi connectivity index (χ1n) is 9.31. The smallest absolute Gasteiger partial charge is 0.277 e. The van der Waals surface area contributed by atoms with Crippen LogP contribution in [0.1, 0.15) is 21.7 Å². The topological polar surface area (TPSA) is 121 Å². The predicted molar refractivity (Wildman–Crippen MR) is 120 cm³/mol. The molecule has 0 atom stereocenters. The first-order chi connectivity index (χ1) is 15.9. The summed E-state index contributed by atoms with van der Waals surface area (Å²) in [4.78, 5) is 29.0. The van der Waals surface area contributed by atoms with Gasteiger partial charge in [0.25, 0.3) is 5.91 Å². The normalized spacial score (nSPS) is 11.1. The molecule has 0 aliphatic rings. The third-order valence-corrected chi connectivity index (χ3v) is 4.72. The molecule has 1 heterocycles. The van der Waals surface area contributed by atoms with E-state index in [9.17, 15) is 18.0 Å². The van der Waals surface area contributed by atoms with Gasteiger partial charge in [-0.05, 0) is 46.9 Å². The van der Waals surface area contributed by atoms with Gasteiger partial charge in [0.1, 0.15) is 11.6 Å². The first-order valence-corrected chi connectivity index (χ1v) is 10.4. The number of anilines is 2. The summed E-state index contributed by atoms with van der Waals surface area (Å²) < 4.78 is 44.5. The molecule has 0 aliphatic heterocycles. The minimum atomic E-state index is -1.45. The van der Waals surface area contributed by atoms with E-state index in [1.165, 1.54) is 18.3 Å². The zero-order valence-corrected chi connectivity index (χ0v) is 18.9. The number of hydrogen-bond acceptors (Lipinski definition) is 7. The molecular weight excluding hydrogens is 558 g/mol. The summed E-state index contributed by atoms with van der Waals surface area (Å²) in [6, 6.07) is 5.03. The van der Waals surface area contributed by atoms with Crippen molar-refractivity contribution in [2.75, 3.05) is 18.5 Å². The van der Waals surface area contributed by atoms with Crippen LogP contribution in [-0.4, -0.2) is 40.4 Å². The lowest BCUT2D eigenvalue weighted by molar-refractivity contribution is 0.0168. The maximum absolute atomic E-state index is 15.0. The number of aliphatic hydroxyl groups excluding tert-OH is 1. The molecule has 0 saturated heterocycles. The molecule has 2 aromatic carbocycles. The van der Waals surface area contributed by atoms with Gasteiger partial charge in [-0.1, -0.05) is 5.16 Å². The van der Waals surface area contributed by atoms with Crippen LogP contribution in [-0.2, 0) is 16.3 Å². The number of benzene rings is 2. The second-order valence-corrected chi connectivity index (χ2v) is 7.56. The third-order valence-electron chi connectivity index (χ3n) is 4.05. The second kappa shape index (κ2) is 11.6. The maximum atomic E-state index is 15.0. The number of rotatable bonds is 10. The van der Waals surface area contributed by atoms with Gasteiger partial charge in [-0.15, -0.1) is 0 Å². The Bertz CT molecular complexity index is 1150. The SMILES string of the molecule is O=C(NOCCO)c1cc(C=NOCc2ncc[nH]2)c(F)c(F)c1Nc1ccc(I)cc1F. The van der Waals surface area contributed by atoms with Crippen LogP contribution >= 0.6 is 22.6 Å². The molecule has 33 heavy (non-hydrogen) atoms. The van der Waals surface area contributed by atoms with Gasteiger partial charge < -0.3 is 20.2 Å². The number of halogens is 4. The van der Waals surface area contributed by atoms with Gasteiger partial charge >= 0.3 is 0 Å². The third kappa shape index (κ3) is 6.43. The molecule has 9 nitrogen and oxygen atoms in total. The zero-order valence-electron chi connectivity index (χ0n) is 16.7. The zero-order chi connectivity index (χ0) is 23.8. The van der Waals surface area contributed by atoms with Crippen LogP contribution in [0.5, 0.6) is 0 Å². The first kappa shape index (κ1) is 24.5.